The zero-order valence-electron chi connectivity index (χ0n) is 11.5. The second kappa shape index (κ2) is 6.53. The number of phosphoric acid groups is 1. The highest BCUT2D eigenvalue weighted by Crippen LogP contribution is 2.42. The molecule has 22 heavy (non-hydrogen) atoms. The van der Waals surface area contributed by atoms with Gasteiger partial charge in [-0.3, -0.25) is 19.6 Å². The number of rotatable bonds is 5. The summed E-state index contributed by atoms with van der Waals surface area (Å²) in [6.07, 6.45) is 1.34. The molecule has 2 rings (SSSR count). The molecule has 2 atom stereocenters. The molecule has 1 fully saturated rings. The second-order valence-electron chi connectivity index (χ2n) is 4.67. The van der Waals surface area contributed by atoms with Gasteiger partial charge in [-0.05, 0) is 6.92 Å². The van der Waals surface area contributed by atoms with Gasteiger partial charge in [-0.1, -0.05) is 0 Å². The number of carbonyl (C=O) groups is 1. The van der Waals surface area contributed by atoms with E-state index in [-0.39, 0.29) is 11.3 Å². The van der Waals surface area contributed by atoms with Gasteiger partial charge in [0.15, 0.2) is 0 Å². The van der Waals surface area contributed by atoms with E-state index in [1.54, 1.807) is 6.92 Å². The Balaban J connectivity index is 2.30. The van der Waals surface area contributed by atoms with Crippen LogP contribution in [0.4, 0.5) is 0 Å². The smallest absolute Gasteiger partial charge is 0.469 e. The van der Waals surface area contributed by atoms with Crippen molar-refractivity contribution in [2.45, 2.75) is 24.9 Å². The number of carboxylic acids is 1. The topological polar surface area (TPSA) is 149 Å². The van der Waals surface area contributed by atoms with E-state index in [2.05, 4.69) is 14.8 Å². The molecular weight excluding hydrogens is 335 g/mol. The number of aliphatic carboxylic acids is 1. The molecule has 2 heterocycles. The first-order valence-electron chi connectivity index (χ1n) is 6.17. The quantitative estimate of drug-likeness (QED) is 0.475. The lowest BCUT2D eigenvalue weighted by atomic mass is 10.1. The molecule has 0 saturated carbocycles. The molecule has 0 unspecified atom stereocenters. The maximum absolute atomic E-state index is 11.0. The summed E-state index contributed by atoms with van der Waals surface area (Å²) in [7, 11) is -4.67. The SMILES string of the molecule is Cc1ncc(COP(=O)(O)O)c([C@H]2N[C@H](C(=O)O)CS2)c1O. The molecule has 1 saturated heterocycles. The standard InChI is InChI=1S/C11H15N2O7PS/c1-5-9(14)8(10-13-7(4-22-10)11(15)16)6(2-12-5)3-20-21(17,18)19/h2,7,10,13-14H,3-4H2,1H3,(H,15,16)(H2,17,18,19)/t7-,10-/m0/s1. The van der Waals surface area contributed by atoms with Crippen LogP contribution in [0.15, 0.2) is 6.20 Å². The molecule has 122 valence electrons. The number of thioether (sulfide) groups is 1. The number of aryl methyl sites for hydroxylation is 1. The Labute approximate surface area is 130 Å². The van der Waals surface area contributed by atoms with Crippen molar-refractivity contribution in [1.82, 2.24) is 10.3 Å². The van der Waals surface area contributed by atoms with Crippen molar-refractivity contribution in [2.75, 3.05) is 5.75 Å². The number of nitrogens with zero attached hydrogens (tertiary/aromatic N) is 1. The minimum Gasteiger partial charge on any atom is -0.506 e. The van der Waals surface area contributed by atoms with Crippen molar-refractivity contribution in [2.24, 2.45) is 0 Å². The summed E-state index contributed by atoms with van der Waals surface area (Å²) >= 11 is 1.27. The lowest BCUT2D eigenvalue weighted by molar-refractivity contribution is -0.138. The number of hydrogen-bond acceptors (Lipinski definition) is 7. The number of phosphoric ester groups is 1. The highest BCUT2D eigenvalue weighted by molar-refractivity contribution is 7.99. The van der Waals surface area contributed by atoms with E-state index in [0.717, 1.165) is 0 Å². The van der Waals surface area contributed by atoms with Crippen LogP contribution in [0.2, 0.25) is 0 Å². The molecular formula is C11H15N2O7PS. The van der Waals surface area contributed by atoms with Gasteiger partial charge in [0.05, 0.1) is 17.7 Å². The Kier molecular flexibility index (Phi) is 5.10. The Morgan fingerprint density at radius 2 is 2.27 bits per heavy atom. The number of aromatic nitrogens is 1. The number of hydrogen-bond donors (Lipinski definition) is 5. The fourth-order valence-electron chi connectivity index (χ4n) is 1.99. The van der Waals surface area contributed by atoms with Crippen LogP contribution in [0.5, 0.6) is 5.75 Å². The van der Waals surface area contributed by atoms with E-state index in [4.69, 9.17) is 14.9 Å². The molecule has 1 aromatic rings. The van der Waals surface area contributed by atoms with Crippen molar-refractivity contribution < 1.29 is 33.9 Å². The van der Waals surface area contributed by atoms with Gasteiger partial charge in [0.1, 0.15) is 11.8 Å². The van der Waals surface area contributed by atoms with Crippen molar-refractivity contribution >= 4 is 25.6 Å². The molecule has 5 N–H and O–H groups in total. The van der Waals surface area contributed by atoms with Crippen molar-refractivity contribution in [3.63, 3.8) is 0 Å². The predicted molar refractivity (Wildman–Crippen MR) is 77.2 cm³/mol. The molecule has 1 aliphatic rings. The molecule has 0 bridgehead atoms. The van der Waals surface area contributed by atoms with Crippen LogP contribution in [0.25, 0.3) is 0 Å². The van der Waals surface area contributed by atoms with Crippen LogP contribution < -0.4 is 5.32 Å². The van der Waals surface area contributed by atoms with Gasteiger partial charge < -0.3 is 20.0 Å². The fourth-order valence-corrected chi connectivity index (χ4v) is 3.62. The average Bonchev–Trinajstić information content (AvgIpc) is 2.88. The molecule has 0 amide bonds. The van der Waals surface area contributed by atoms with Gasteiger partial charge in [0, 0.05) is 23.1 Å². The number of pyridine rings is 1. The molecule has 0 spiro atoms. The third-order valence-corrected chi connectivity index (χ3v) is 4.78. The second-order valence-corrected chi connectivity index (χ2v) is 7.04. The van der Waals surface area contributed by atoms with E-state index in [1.807, 2.05) is 0 Å². The average molecular weight is 350 g/mol. The Morgan fingerprint density at radius 1 is 1.59 bits per heavy atom. The minimum absolute atomic E-state index is 0.150. The summed E-state index contributed by atoms with van der Waals surface area (Å²) in [6, 6.07) is -0.765. The molecule has 0 aromatic carbocycles. The summed E-state index contributed by atoms with van der Waals surface area (Å²) in [5, 5.41) is 21.5. The van der Waals surface area contributed by atoms with E-state index < -0.39 is 31.8 Å². The highest BCUT2D eigenvalue weighted by atomic mass is 32.2. The first kappa shape index (κ1) is 17.2. The van der Waals surface area contributed by atoms with E-state index in [1.165, 1.54) is 18.0 Å². The first-order valence-corrected chi connectivity index (χ1v) is 8.75. The third kappa shape index (κ3) is 3.97. The Hall–Kier alpha value is -1.16. The van der Waals surface area contributed by atoms with E-state index >= 15 is 0 Å². The molecule has 0 aliphatic carbocycles. The van der Waals surface area contributed by atoms with E-state index in [9.17, 15) is 14.5 Å². The molecule has 11 heteroatoms. The highest BCUT2D eigenvalue weighted by Gasteiger charge is 2.34. The van der Waals surface area contributed by atoms with Crippen LogP contribution in [-0.2, 0) is 20.5 Å². The zero-order valence-corrected chi connectivity index (χ0v) is 13.2. The van der Waals surface area contributed by atoms with Gasteiger partial charge in [0.2, 0.25) is 0 Å². The van der Waals surface area contributed by atoms with Gasteiger partial charge in [-0.15, -0.1) is 11.8 Å². The molecule has 1 aromatic heterocycles. The monoisotopic (exact) mass is 350 g/mol. The largest absolute Gasteiger partial charge is 0.506 e. The van der Waals surface area contributed by atoms with Gasteiger partial charge in [-0.2, -0.15) is 0 Å². The zero-order chi connectivity index (χ0) is 16.5. The lowest BCUT2D eigenvalue weighted by Gasteiger charge is -2.18. The predicted octanol–water partition coefficient (Wildman–Crippen LogP) is 0.493. The summed E-state index contributed by atoms with van der Waals surface area (Å²) < 4.78 is 15.3. The maximum atomic E-state index is 11.0. The molecule has 0 radical (unpaired) electrons. The maximum Gasteiger partial charge on any atom is 0.469 e. The molecule has 9 nitrogen and oxygen atoms in total. The first-order chi connectivity index (χ1) is 10.2. The fraction of sp³-hybridized carbons (Fsp3) is 0.455. The van der Waals surface area contributed by atoms with E-state index in [0.29, 0.717) is 17.0 Å². The Morgan fingerprint density at radius 3 is 2.82 bits per heavy atom. The summed E-state index contributed by atoms with van der Waals surface area (Å²) in [6.45, 7) is 1.12. The Bertz CT molecular complexity index is 635. The number of carboxylic acid groups (broad SMARTS) is 1. The van der Waals surface area contributed by atoms with Crippen LogP contribution >= 0.6 is 19.6 Å². The van der Waals surface area contributed by atoms with Gasteiger partial charge >= 0.3 is 13.8 Å². The summed E-state index contributed by atoms with van der Waals surface area (Å²) in [5.74, 6) is -0.851. The minimum atomic E-state index is -4.67. The van der Waals surface area contributed by atoms with Crippen LogP contribution in [0.1, 0.15) is 22.2 Å². The molecule has 1 aliphatic heterocycles. The van der Waals surface area contributed by atoms with Crippen molar-refractivity contribution in [3.05, 3.63) is 23.0 Å². The number of nitrogens with one attached hydrogen (secondary N) is 1. The summed E-state index contributed by atoms with van der Waals surface area (Å²) in [4.78, 5) is 32.5. The van der Waals surface area contributed by atoms with Crippen molar-refractivity contribution in [1.29, 1.82) is 0 Å². The van der Waals surface area contributed by atoms with Gasteiger partial charge in [0.25, 0.3) is 0 Å². The summed E-state index contributed by atoms with van der Waals surface area (Å²) in [5.41, 5.74) is 0.938. The third-order valence-electron chi connectivity index (χ3n) is 3.09. The van der Waals surface area contributed by atoms with Crippen LogP contribution in [0.3, 0.4) is 0 Å². The lowest BCUT2D eigenvalue weighted by Crippen LogP contribution is -2.34. The van der Waals surface area contributed by atoms with Crippen molar-refractivity contribution in [3.8, 4) is 5.75 Å². The van der Waals surface area contributed by atoms with Crippen LogP contribution in [0, 0.1) is 6.92 Å². The van der Waals surface area contributed by atoms with Gasteiger partial charge in [-0.25, -0.2) is 4.57 Å². The normalized spacial score (nSPS) is 22.0. The number of aromatic hydroxyl groups is 1. The van der Waals surface area contributed by atoms with Crippen LogP contribution in [-0.4, -0.2) is 42.7 Å².